The highest BCUT2D eigenvalue weighted by Crippen LogP contribution is 2.32. The molecule has 5 heteroatoms. The first-order chi connectivity index (χ1) is 10.8. The van der Waals surface area contributed by atoms with Crippen LogP contribution in [0.15, 0.2) is 42.6 Å². The van der Waals surface area contributed by atoms with E-state index >= 15 is 0 Å². The quantitative estimate of drug-likeness (QED) is 0.412. The molecule has 0 spiro atoms. The van der Waals surface area contributed by atoms with Crippen LogP contribution in [0.1, 0.15) is 5.69 Å². The molecule has 116 valence electrons. The average Bonchev–Trinajstić information content (AvgIpc) is 2.82. The van der Waals surface area contributed by atoms with E-state index in [1.807, 2.05) is 40.9 Å². The van der Waals surface area contributed by atoms with Crippen molar-refractivity contribution in [2.45, 2.75) is 19.6 Å². The molecule has 1 aromatic carbocycles. The molecule has 0 fully saturated rings. The molecule has 2 aromatic heterocycles. The van der Waals surface area contributed by atoms with Crippen LogP contribution in [0, 0.1) is 11.5 Å². The molecule has 0 radical (unpaired) electrons. The summed E-state index contributed by atoms with van der Waals surface area (Å²) in [7, 11) is -1.50. The van der Waals surface area contributed by atoms with Crippen LogP contribution in [0.3, 0.4) is 0 Å². The molecule has 0 aliphatic carbocycles. The second-order valence-corrected chi connectivity index (χ2v) is 12.0. The Labute approximate surface area is 147 Å². The maximum absolute atomic E-state index is 6.38. The van der Waals surface area contributed by atoms with Crippen LogP contribution in [-0.4, -0.2) is 17.5 Å². The van der Waals surface area contributed by atoms with Crippen molar-refractivity contribution >= 4 is 36.9 Å². The lowest BCUT2D eigenvalue weighted by Crippen LogP contribution is -2.16. The zero-order valence-corrected chi connectivity index (χ0v) is 15.7. The highest BCUT2D eigenvalue weighted by molar-refractivity contribution is 6.83. The molecule has 3 rings (SSSR count). The normalized spacial score (nSPS) is 11.3. The van der Waals surface area contributed by atoms with Crippen LogP contribution < -0.4 is 0 Å². The maximum Gasteiger partial charge on any atom is 0.138 e. The molecule has 0 N–H and O–H groups in total. The fourth-order valence-corrected chi connectivity index (χ4v) is 3.22. The number of imidazole rings is 1. The molecule has 2 heterocycles. The van der Waals surface area contributed by atoms with Gasteiger partial charge in [0.2, 0.25) is 0 Å². The third-order valence-electron chi connectivity index (χ3n) is 3.27. The Hall–Kier alpha value is -1.73. The summed E-state index contributed by atoms with van der Waals surface area (Å²) in [4.78, 5) is 4.72. The molecule has 0 unspecified atom stereocenters. The third kappa shape index (κ3) is 3.45. The van der Waals surface area contributed by atoms with E-state index in [4.69, 9.17) is 28.2 Å². The summed E-state index contributed by atoms with van der Waals surface area (Å²) in [5.74, 6) is 3.34. The molecular formula is C18H16Cl2N2Si. The van der Waals surface area contributed by atoms with Gasteiger partial charge in [0, 0.05) is 16.8 Å². The Kier molecular flexibility index (Phi) is 4.24. The lowest BCUT2D eigenvalue weighted by molar-refractivity contribution is 1.16. The van der Waals surface area contributed by atoms with E-state index in [-0.39, 0.29) is 0 Å². The Morgan fingerprint density at radius 3 is 2.57 bits per heavy atom. The number of benzene rings is 1. The van der Waals surface area contributed by atoms with Crippen molar-refractivity contribution in [1.29, 1.82) is 0 Å². The standard InChI is InChI=1S/C18H16Cl2N2Si/c1-23(2,3)11-9-16-18(14-8-7-13(19)12-15(14)20)21-17-6-4-5-10-22(16)17/h4-8,10,12H,1-3H3. The summed E-state index contributed by atoms with van der Waals surface area (Å²) < 4.78 is 2.01. The number of hydrogen-bond donors (Lipinski definition) is 0. The molecule has 0 aliphatic heterocycles. The number of halogens is 2. The fourth-order valence-electron chi connectivity index (χ4n) is 2.23. The smallest absolute Gasteiger partial charge is 0.138 e. The Bertz CT molecular complexity index is 943. The first kappa shape index (κ1) is 16.1. The summed E-state index contributed by atoms with van der Waals surface area (Å²) in [6.07, 6.45) is 1.98. The predicted octanol–water partition coefficient (Wildman–Crippen LogP) is 5.54. The number of fused-ring (bicyclic) bond motifs is 1. The SMILES string of the molecule is C[Si](C)(C)C#Cc1c(-c2ccc(Cl)cc2Cl)nc2ccccn12. The summed E-state index contributed by atoms with van der Waals surface area (Å²) in [6, 6.07) is 11.4. The molecule has 0 aliphatic rings. The van der Waals surface area contributed by atoms with Gasteiger partial charge in [-0.2, -0.15) is 0 Å². The largest absolute Gasteiger partial charge is 0.292 e. The van der Waals surface area contributed by atoms with E-state index in [9.17, 15) is 0 Å². The average molecular weight is 359 g/mol. The highest BCUT2D eigenvalue weighted by atomic mass is 35.5. The van der Waals surface area contributed by atoms with Gasteiger partial charge in [-0.15, -0.1) is 5.54 Å². The molecule has 2 nitrogen and oxygen atoms in total. The second-order valence-electron chi connectivity index (χ2n) is 6.36. The molecular weight excluding hydrogens is 343 g/mol. The van der Waals surface area contributed by atoms with E-state index in [2.05, 4.69) is 31.1 Å². The number of pyridine rings is 1. The van der Waals surface area contributed by atoms with Crippen molar-refractivity contribution in [3.8, 4) is 22.7 Å². The number of aromatic nitrogens is 2. The van der Waals surface area contributed by atoms with E-state index in [0.29, 0.717) is 10.0 Å². The number of hydrogen-bond acceptors (Lipinski definition) is 1. The summed E-state index contributed by atoms with van der Waals surface area (Å²) in [6.45, 7) is 6.66. The van der Waals surface area contributed by atoms with Gasteiger partial charge >= 0.3 is 0 Å². The molecule has 0 saturated heterocycles. The van der Waals surface area contributed by atoms with Crippen LogP contribution in [0.2, 0.25) is 29.7 Å². The summed E-state index contributed by atoms with van der Waals surface area (Å²) in [5, 5.41) is 1.19. The molecule has 23 heavy (non-hydrogen) atoms. The fraction of sp³-hybridized carbons (Fsp3) is 0.167. The van der Waals surface area contributed by atoms with E-state index in [1.54, 1.807) is 6.07 Å². The Morgan fingerprint density at radius 2 is 1.87 bits per heavy atom. The van der Waals surface area contributed by atoms with Crippen molar-refractivity contribution in [2.75, 3.05) is 0 Å². The minimum atomic E-state index is -1.50. The predicted molar refractivity (Wildman–Crippen MR) is 101 cm³/mol. The van der Waals surface area contributed by atoms with Gasteiger partial charge in [0.25, 0.3) is 0 Å². The van der Waals surface area contributed by atoms with Crippen molar-refractivity contribution in [1.82, 2.24) is 9.38 Å². The van der Waals surface area contributed by atoms with E-state index in [0.717, 1.165) is 22.6 Å². The summed E-state index contributed by atoms with van der Waals surface area (Å²) in [5.41, 5.74) is 6.78. The molecule has 0 atom stereocenters. The maximum atomic E-state index is 6.38. The minimum absolute atomic E-state index is 0.581. The third-order valence-corrected chi connectivity index (χ3v) is 4.69. The van der Waals surface area contributed by atoms with Crippen LogP contribution in [0.25, 0.3) is 16.9 Å². The topological polar surface area (TPSA) is 17.3 Å². The molecule has 3 aromatic rings. The monoisotopic (exact) mass is 358 g/mol. The highest BCUT2D eigenvalue weighted by Gasteiger charge is 2.16. The number of rotatable bonds is 1. The first-order valence-electron chi connectivity index (χ1n) is 7.31. The van der Waals surface area contributed by atoms with E-state index in [1.165, 1.54) is 0 Å². The molecule has 0 saturated carbocycles. The van der Waals surface area contributed by atoms with Gasteiger partial charge in [0.1, 0.15) is 25.1 Å². The minimum Gasteiger partial charge on any atom is -0.292 e. The van der Waals surface area contributed by atoms with Crippen molar-refractivity contribution in [3.05, 3.63) is 58.3 Å². The van der Waals surface area contributed by atoms with Gasteiger partial charge in [0.05, 0.1) is 5.02 Å². The van der Waals surface area contributed by atoms with Gasteiger partial charge in [-0.05, 0) is 30.3 Å². The number of nitrogens with zero attached hydrogens (tertiary/aromatic N) is 2. The molecule has 0 bridgehead atoms. The zero-order valence-electron chi connectivity index (χ0n) is 13.2. The second kappa shape index (κ2) is 6.05. The van der Waals surface area contributed by atoms with Crippen LogP contribution in [-0.2, 0) is 0 Å². The van der Waals surface area contributed by atoms with Crippen LogP contribution in [0.4, 0.5) is 0 Å². The zero-order chi connectivity index (χ0) is 16.6. The molecule has 0 amide bonds. The lowest BCUT2D eigenvalue weighted by Gasteiger charge is -2.05. The Balaban J connectivity index is 2.29. The van der Waals surface area contributed by atoms with Gasteiger partial charge in [-0.3, -0.25) is 4.40 Å². The van der Waals surface area contributed by atoms with Crippen molar-refractivity contribution < 1.29 is 0 Å². The first-order valence-corrected chi connectivity index (χ1v) is 11.6. The Morgan fingerprint density at radius 1 is 1.09 bits per heavy atom. The lowest BCUT2D eigenvalue weighted by atomic mass is 10.1. The van der Waals surface area contributed by atoms with Gasteiger partial charge in [-0.1, -0.05) is 54.8 Å². The van der Waals surface area contributed by atoms with Crippen LogP contribution >= 0.6 is 23.2 Å². The van der Waals surface area contributed by atoms with Crippen molar-refractivity contribution in [3.63, 3.8) is 0 Å². The van der Waals surface area contributed by atoms with Gasteiger partial charge in [-0.25, -0.2) is 4.98 Å². The summed E-state index contributed by atoms with van der Waals surface area (Å²) >= 11 is 12.4. The van der Waals surface area contributed by atoms with Crippen molar-refractivity contribution in [2.24, 2.45) is 0 Å². The van der Waals surface area contributed by atoms with Gasteiger partial charge in [0.15, 0.2) is 0 Å². The van der Waals surface area contributed by atoms with Crippen LogP contribution in [0.5, 0.6) is 0 Å². The van der Waals surface area contributed by atoms with E-state index < -0.39 is 8.07 Å². The van der Waals surface area contributed by atoms with Gasteiger partial charge < -0.3 is 0 Å².